The summed E-state index contributed by atoms with van der Waals surface area (Å²) in [4.78, 5) is 16.8. The number of nitrogens with zero attached hydrogens (tertiary/aromatic N) is 2. The zero-order valence-electron chi connectivity index (χ0n) is 13.0. The number of amides is 1. The van der Waals surface area contributed by atoms with Crippen LogP contribution in [0.3, 0.4) is 0 Å². The molecular formula is C16H25N3O2. The van der Waals surface area contributed by atoms with Crippen LogP contribution in [0.15, 0.2) is 24.3 Å². The number of piperazine rings is 1. The molecule has 0 aliphatic carbocycles. The van der Waals surface area contributed by atoms with Crippen LogP contribution in [0.25, 0.3) is 0 Å². The average molecular weight is 291 g/mol. The Kier molecular flexibility index (Phi) is 6.02. The Balaban J connectivity index is 1.80. The Morgan fingerprint density at radius 1 is 1.19 bits per heavy atom. The third kappa shape index (κ3) is 4.72. The molecule has 0 aromatic heterocycles. The topological polar surface area (TPSA) is 44.8 Å². The number of benzene rings is 1. The number of nitrogens with one attached hydrogen (secondary N) is 1. The number of ether oxygens (including phenoxy) is 1. The van der Waals surface area contributed by atoms with Crippen LogP contribution in [0.4, 0.5) is 5.69 Å². The van der Waals surface area contributed by atoms with E-state index in [0.717, 1.165) is 38.4 Å². The largest absolute Gasteiger partial charge is 0.495 e. The minimum absolute atomic E-state index is 0.0171. The van der Waals surface area contributed by atoms with Gasteiger partial charge < -0.3 is 15.0 Å². The summed E-state index contributed by atoms with van der Waals surface area (Å²) in [7, 11) is 1.61. The molecule has 0 saturated carbocycles. The Morgan fingerprint density at radius 3 is 2.52 bits per heavy atom. The first-order valence-corrected chi connectivity index (χ1v) is 7.60. The second-order valence-corrected chi connectivity index (χ2v) is 5.37. The van der Waals surface area contributed by atoms with E-state index in [1.54, 1.807) is 7.11 Å². The normalized spacial score (nSPS) is 16.7. The Hall–Kier alpha value is -1.59. The highest BCUT2D eigenvalue weighted by Gasteiger charge is 2.18. The fourth-order valence-electron chi connectivity index (χ4n) is 2.63. The third-order valence-electron chi connectivity index (χ3n) is 3.75. The van der Waals surface area contributed by atoms with E-state index in [-0.39, 0.29) is 5.91 Å². The summed E-state index contributed by atoms with van der Waals surface area (Å²) in [5.41, 5.74) is 0.731. The van der Waals surface area contributed by atoms with Gasteiger partial charge in [-0.2, -0.15) is 0 Å². The van der Waals surface area contributed by atoms with Crippen LogP contribution in [0, 0.1) is 0 Å². The minimum Gasteiger partial charge on any atom is -0.495 e. The van der Waals surface area contributed by atoms with Gasteiger partial charge in [-0.1, -0.05) is 19.1 Å². The van der Waals surface area contributed by atoms with Gasteiger partial charge in [-0.05, 0) is 25.1 Å². The van der Waals surface area contributed by atoms with Crippen LogP contribution < -0.4 is 10.1 Å². The highest BCUT2D eigenvalue weighted by atomic mass is 16.5. The Labute approximate surface area is 126 Å². The van der Waals surface area contributed by atoms with Crippen LogP contribution in [0.2, 0.25) is 0 Å². The minimum atomic E-state index is 0.0171. The predicted molar refractivity (Wildman–Crippen MR) is 84.8 cm³/mol. The van der Waals surface area contributed by atoms with E-state index in [0.29, 0.717) is 12.3 Å². The van der Waals surface area contributed by atoms with Gasteiger partial charge in [-0.15, -0.1) is 0 Å². The van der Waals surface area contributed by atoms with Crippen molar-refractivity contribution < 1.29 is 9.53 Å². The van der Waals surface area contributed by atoms with E-state index in [4.69, 9.17) is 4.74 Å². The number of rotatable bonds is 6. The summed E-state index contributed by atoms with van der Waals surface area (Å²) in [6, 6.07) is 7.48. The van der Waals surface area contributed by atoms with E-state index in [2.05, 4.69) is 22.0 Å². The number of hydrogen-bond acceptors (Lipinski definition) is 4. The average Bonchev–Trinajstić information content (AvgIpc) is 2.50. The van der Waals surface area contributed by atoms with Crippen molar-refractivity contribution in [1.82, 2.24) is 9.80 Å². The molecule has 1 fully saturated rings. The molecule has 5 heteroatoms. The first kappa shape index (κ1) is 15.8. The third-order valence-corrected chi connectivity index (χ3v) is 3.75. The number of carbonyl (C=O) groups excluding carboxylic acids is 1. The van der Waals surface area contributed by atoms with E-state index in [9.17, 15) is 4.79 Å². The summed E-state index contributed by atoms with van der Waals surface area (Å²) in [6.07, 6.45) is 1.19. The number of para-hydroxylation sites is 2. The number of methoxy groups -OCH3 is 1. The van der Waals surface area contributed by atoms with Crippen molar-refractivity contribution in [2.24, 2.45) is 0 Å². The van der Waals surface area contributed by atoms with E-state index in [1.165, 1.54) is 6.42 Å². The fourth-order valence-corrected chi connectivity index (χ4v) is 2.63. The van der Waals surface area contributed by atoms with Crippen LogP contribution in [0.1, 0.15) is 13.3 Å². The molecular weight excluding hydrogens is 266 g/mol. The molecule has 21 heavy (non-hydrogen) atoms. The van der Waals surface area contributed by atoms with Crippen LogP contribution >= 0.6 is 0 Å². The molecule has 1 aliphatic heterocycles. The van der Waals surface area contributed by atoms with Crippen molar-refractivity contribution >= 4 is 11.6 Å². The van der Waals surface area contributed by atoms with E-state index >= 15 is 0 Å². The van der Waals surface area contributed by atoms with Gasteiger partial charge in [-0.25, -0.2) is 0 Å². The maximum absolute atomic E-state index is 12.1. The highest BCUT2D eigenvalue weighted by Crippen LogP contribution is 2.22. The van der Waals surface area contributed by atoms with Crippen molar-refractivity contribution in [2.45, 2.75) is 13.3 Å². The zero-order valence-corrected chi connectivity index (χ0v) is 13.0. The molecule has 1 aromatic rings. The van der Waals surface area contributed by atoms with Crippen LogP contribution in [-0.4, -0.2) is 62.1 Å². The maximum atomic E-state index is 12.1. The Bertz CT molecular complexity index is 457. The highest BCUT2D eigenvalue weighted by molar-refractivity contribution is 5.93. The van der Waals surface area contributed by atoms with E-state index in [1.807, 2.05) is 24.3 Å². The molecule has 0 radical (unpaired) electrons. The monoisotopic (exact) mass is 291 g/mol. The van der Waals surface area contributed by atoms with Crippen molar-refractivity contribution in [3.63, 3.8) is 0 Å². The van der Waals surface area contributed by atoms with Crippen molar-refractivity contribution in [2.75, 3.05) is 51.7 Å². The first-order chi connectivity index (χ1) is 10.2. The van der Waals surface area contributed by atoms with Gasteiger partial charge in [0.1, 0.15) is 5.75 Å². The van der Waals surface area contributed by atoms with Gasteiger partial charge >= 0.3 is 0 Å². The van der Waals surface area contributed by atoms with Gasteiger partial charge in [0, 0.05) is 26.2 Å². The van der Waals surface area contributed by atoms with Crippen molar-refractivity contribution in [3.8, 4) is 5.75 Å². The molecule has 0 bridgehead atoms. The number of carbonyl (C=O) groups is 1. The molecule has 2 rings (SSSR count). The van der Waals surface area contributed by atoms with Crippen molar-refractivity contribution in [1.29, 1.82) is 0 Å². The maximum Gasteiger partial charge on any atom is 0.238 e. The first-order valence-electron chi connectivity index (χ1n) is 7.60. The molecule has 1 aliphatic rings. The summed E-state index contributed by atoms with van der Waals surface area (Å²) in [5, 5.41) is 2.93. The van der Waals surface area contributed by atoms with Gasteiger partial charge in [-0.3, -0.25) is 9.69 Å². The van der Waals surface area contributed by atoms with Gasteiger partial charge in [0.25, 0.3) is 0 Å². The lowest BCUT2D eigenvalue weighted by Gasteiger charge is -2.34. The predicted octanol–water partition coefficient (Wildman–Crippen LogP) is 1.66. The molecule has 1 N–H and O–H groups in total. The molecule has 1 aromatic carbocycles. The number of hydrogen-bond donors (Lipinski definition) is 1. The smallest absolute Gasteiger partial charge is 0.238 e. The lowest BCUT2D eigenvalue weighted by molar-refractivity contribution is -0.117. The summed E-state index contributed by atoms with van der Waals surface area (Å²) in [6.45, 7) is 7.82. The van der Waals surface area contributed by atoms with Crippen molar-refractivity contribution in [3.05, 3.63) is 24.3 Å². The molecule has 0 unspecified atom stereocenters. The lowest BCUT2D eigenvalue weighted by Crippen LogP contribution is -2.48. The number of anilines is 1. The molecule has 1 amide bonds. The summed E-state index contributed by atoms with van der Waals surface area (Å²) in [5.74, 6) is 0.710. The molecule has 1 heterocycles. The van der Waals surface area contributed by atoms with Crippen LogP contribution in [-0.2, 0) is 4.79 Å². The molecule has 1 saturated heterocycles. The van der Waals surface area contributed by atoms with Gasteiger partial charge in [0.2, 0.25) is 5.91 Å². The van der Waals surface area contributed by atoms with E-state index < -0.39 is 0 Å². The molecule has 0 spiro atoms. The molecule has 116 valence electrons. The standard InChI is InChI=1S/C16H25N3O2/c1-3-8-18-9-11-19(12-10-18)13-16(20)17-14-6-4-5-7-15(14)21-2/h4-7H,3,8-13H2,1-2H3,(H,17,20). The SMILES string of the molecule is CCCN1CCN(CC(=O)Nc2ccccc2OC)CC1. The zero-order chi connectivity index (χ0) is 15.1. The Morgan fingerprint density at radius 2 is 1.86 bits per heavy atom. The van der Waals surface area contributed by atoms with Crippen LogP contribution in [0.5, 0.6) is 5.75 Å². The molecule has 5 nitrogen and oxygen atoms in total. The molecule has 0 atom stereocenters. The summed E-state index contributed by atoms with van der Waals surface area (Å²) < 4.78 is 5.24. The quantitative estimate of drug-likeness (QED) is 0.866. The van der Waals surface area contributed by atoms with Gasteiger partial charge in [0.05, 0.1) is 19.3 Å². The lowest BCUT2D eigenvalue weighted by atomic mass is 10.2. The fraction of sp³-hybridized carbons (Fsp3) is 0.562. The van der Waals surface area contributed by atoms with Gasteiger partial charge in [0.15, 0.2) is 0 Å². The second kappa shape index (κ2) is 8.00. The second-order valence-electron chi connectivity index (χ2n) is 5.37. The summed E-state index contributed by atoms with van der Waals surface area (Å²) >= 11 is 0.